The highest BCUT2D eigenvalue weighted by atomic mass is 15.0. The molecule has 0 fully saturated rings. The summed E-state index contributed by atoms with van der Waals surface area (Å²) < 4.78 is 4.70. The number of nitriles is 1. The first-order valence-electron chi connectivity index (χ1n) is 24.3. The van der Waals surface area contributed by atoms with Crippen LogP contribution in [0.4, 0.5) is 0 Å². The maximum atomic E-state index is 11.5. The van der Waals surface area contributed by atoms with Crippen LogP contribution in [0.3, 0.4) is 0 Å². The van der Waals surface area contributed by atoms with Crippen molar-refractivity contribution in [2.24, 2.45) is 0 Å². The van der Waals surface area contributed by atoms with Crippen molar-refractivity contribution in [3.05, 3.63) is 247 Å². The molecule has 3 heterocycles. The van der Waals surface area contributed by atoms with E-state index in [4.69, 9.17) is 15.0 Å². The zero-order chi connectivity index (χ0) is 48.3. The van der Waals surface area contributed by atoms with Gasteiger partial charge in [-0.15, -0.1) is 0 Å². The van der Waals surface area contributed by atoms with Crippen LogP contribution in [0, 0.1) is 25.2 Å². The quantitative estimate of drug-likeness (QED) is 0.152. The van der Waals surface area contributed by atoms with Crippen molar-refractivity contribution in [1.29, 1.82) is 5.26 Å². The molecule has 0 saturated heterocycles. The maximum Gasteiger partial charge on any atom is 0.164 e. The highest BCUT2D eigenvalue weighted by Crippen LogP contribution is 2.47. The monoisotopic (exact) mass is 920 g/mol. The Morgan fingerprint density at radius 2 is 0.750 bits per heavy atom. The van der Waals surface area contributed by atoms with Crippen molar-refractivity contribution in [1.82, 2.24) is 24.1 Å². The SMILES string of the molecule is Cc1ccccc1-c1ccc2c(c1)c1ccccc1n2-c1cccc(C#N)c1-c1c(-c2nc(-c3ccccc3)nc(-c3ccccc3)n2)cccc1-n1c2ccccc2c2cc(-c3ccccc3C)ccc21. The molecule has 0 amide bonds. The van der Waals surface area contributed by atoms with Crippen molar-refractivity contribution < 1.29 is 0 Å². The van der Waals surface area contributed by atoms with E-state index in [9.17, 15) is 5.26 Å². The molecular formula is C66H44N6. The Morgan fingerprint density at radius 3 is 1.26 bits per heavy atom. The summed E-state index contributed by atoms with van der Waals surface area (Å²) in [6.45, 7) is 4.33. The zero-order valence-corrected chi connectivity index (χ0v) is 39.6. The number of fused-ring (bicyclic) bond motifs is 6. The Bertz CT molecular complexity index is 4250. The number of hydrogen-bond donors (Lipinski definition) is 0. The Kier molecular flexibility index (Phi) is 10.2. The van der Waals surface area contributed by atoms with Gasteiger partial charge in [-0.25, -0.2) is 15.0 Å². The van der Waals surface area contributed by atoms with E-state index in [2.05, 4.69) is 187 Å². The molecule has 338 valence electrons. The number of hydrogen-bond acceptors (Lipinski definition) is 4. The molecule has 13 rings (SSSR count). The van der Waals surface area contributed by atoms with Crippen LogP contribution in [-0.2, 0) is 0 Å². The maximum absolute atomic E-state index is 11.5. The van der Waals surface area contributed by atoms with Gasteiger partial charge in [0.1, 0.15) is 0 Å². The Balaban J connectivity index is 1.16. The number of aryl methyl sites for hydroxylation is 2. The minimum Gasteiger partial charge on any atom is -0.309 e. The molecule has 0 aliphatic rings. The molecule has 0 atom stereocenters. The van der Waals surface area contributed by atoms with Crippen molar-refractivity contribution in [2.45, 2.75) is 13.8 Å². The Morgan fingerprint density at radius 1 is 0.333 bits per heavy atom. The topological polar surface area (TPSA) is 72.3 Å². The van der Waals surface area contributed by atoms with Crippen LogP contribution < -0.4 is 0 Å². The van der Waals surface area contributed by atoms with Gasteiger partial charge in [0.25, 0.3) is 0 Å². The van der Waals surface area contributed by atoms with Crippen molar-refractivity contribution >= 4 is 43.6 Å². The molecule has 0 aliphatic heterocycles. The molecule has 10 aromatic carbocycles. The van der Waals surface area contributed by atoms with E-state index in [-0.39, 0.29) is 0 Å². The minimum absolute atomic E-state index is 0.492. The van der Waals surface area contributed by atoms with Gasteiger partial charge >= 0.3 is 0 Å². The van der Waals surface area contributed by atoms with Crippen LogP contribution >= 0.6 is 0 Å². The van der Waals surface area contributed by atoms with Gasteiger partial charge in [-0.05, 0) is 102 Å². The fourth-order valence-electron chi connectivity index (χ4n) is 10.8. The molecule has 0 aliphatic carbocycles. The summed E-state index contributed by atoms with van der Waals surface area (Å²) in [7, 11) is 0. The smallest absolute Gasteiger partial charge is 0.164 e. The Labute approximate surface area is 417 Å². The second-order valence-electron chi connectivity index (χ2n) is 18.3. The van der Waals surface area contributed by atoms with Gasteiger partial charge in [0.05, 0.1) is 45.1 Å². The van der Waals surface area contributed by atoms with Gasteiger partial charge in [0, 0.05) is 49.4 Å². The molecule has 0 bridgehead atoms. The summed E-state index contributed by atoms with van der Waals surface area (Å²) >= 11 is 0. The Hall–Kier alpha value is -9.70. The van der Waals surface area contributed by atoms with E-state index in [0.717, 1.165) is 93.9 Å². The molecule has 0 spiro atoms. The molecule has 6 heteroatoms. The summed E-state index contributed by atoms with van der Waals surface area (Å²) in [6, 6.07) is 83.1. The second-order valence-corrected chi connectivity index (χ2v) is 18.3. The number of rotatable bonds is 8. The van der Waals surface area contributed by atoms with Crippen LogP contribution in [0.15, 0.2) is 231 Å². The molecule has 0 unspecified atom stereocenters. The molecule has 0 saturated carbocycles. The predicted octanol–water partition coefficient (Wildman–Crippen LogP) is 16.6. The summed E-state index contributed by atoms with van der Waals surface area (Å²) in [5.74, 6) is 1.60. The van der Waals surface area contributed by atoms with Crippen LogP contribution in [0.25, 0.3) is 123 Å². The van der Waals surface area contributed by atoms with E-state index in [1.807, 2.05) is 72.8 Å². The highest BCUT2D eigenvalue weighted by Gasteiger charge is 2.27. The summed E-state index contributed by atoms with van der Waals surface area (Å²) in [5, 5.41) is 16.0. The third kappa shape index (κ3) is 6.98. The number of nitrogens with zero attached hydrogens (tertiary/aromatic N) is 6. The molecular weight excluding hydrogens is 877 g/mol. The zero-order valence-electron chi connectivity index (χ0n) is 39.6. The average molecular weight is 921 g/mol. The van der Waals surface area contributed by atoms with Crippen molar-refractivity contribution in [3.8, 4) is 85.0 Å². The van der Waals surface area contributed by atoms with Gasteiger partial charge in [-0.1, -0.05) is 176 Å². The molecule has 0 radical (unpaired) electrons. The van der Waals surface area contributed by atoms with E-state index in [1.165, 1.54) is 22.3 Å². The summed E-state index contributed by atoms with van der Waals surface area (Å²) in [5.41, 5.74) is 17.6. The van der Waals surface area contributed by atoms with E-state index < -0.39 is 0 Å². The largest absolute Gasteiger partial charge is 0.309 e. The van der Waals surface area contributed by atoms with Gasteiger partial charge in [-0.2, -0.15) is 5.26 Å². The lowest BCUT2D eigenvalue weighted by molar-refractivity contribution is 1.07. The number of aromatic nitrogens is 5. The van der Waals surface area contributed by atoms with Crippen LogP contribution in [-0.4, -0.2) is 24.1 Å². The third-order valence-electron chi connectivity index (χ3n) is 14.1. The van der Waals surface area contributed by atoms with Gasteiger partial charge in [-0.3, -0.25) is 0 Å². The van der Waals surface area contributed by atoms with Gasteiger partial charge < -0.3 is 9.13 Å². The van der Waals surface area contributed by atoms with Crippen molar-refractivity contribution in [2.75, 3.05) is 0 Å². The van der Waals surface area contributed by atoms with Crippen molar-refractivity contribution in [3.63, 3.8) is 0 Å². The lowest BCUT2D eigenvalue weighted by Gasteiger charge is -2.22. The fourth-order valence-corrected chi connectivity index (χ4v) is 10.8. The first-order chi connectivity index (χ1) is 35.5. The molecule has 0 N–H and O–H groups in total. The standard InChI is InChI=1S/C66H44N6/c1-42-19-9-11-26-49(42)46-35-37-58-54(39-46)51-28-13-15-31-56(51)71(58)60-33-17-25-48(41-67)62(60)63-53(66-69-64(44-21-5-3-6-22-44)68-65(70-66)45-23-7-4-8-24-45)30-18-34-61(63)72-57-32-16-14-29-52(57)55-40-47(36-38-59(55)72)50-27-12-10-20-43(50)2/h3-40H,1-2H3. The molecule has 3 aromatic heterocycles. The van der Waals surface area contributed by atoms with E-state index >= 15 is 0 Å². The molecule has 72 heavy (non-hydrogen) atoms. The van der Waals surface area contributed by atoms with E-state index in [1.54, 1.807) is 0 Å². The highest BCUT2D eigenvalue weighted by molar-refractivity contribution is 6.13. The number of para-hydroxylation sites is 2. The summed E-state index contributed by atoms with van der Waals surface area (Å²) in [6.07, 6.45) is 0. The van der Waals surface area contributed by atoms with Crippen LogP contribution in [0.2, 0.25) is 0 Å². The molecule has 6 nitrogen and oxygen atoms in total. The fraction of sp³-hybridized carbons (Fsp3) is 0.0303. The van der Waals surface area contributed by atoms with E-state index in [0.29, 0.717) is 23.0 Å². The lowest BCUT2D eigenvalue weighted by Crippen LogP contribution is -2.07. The normalized spacial score (nSPS) is 11.5. The average Bonchev–Trinajstić information content (AvgIpc) is 3.95. The van der Waals surface area contributed by atoms with Crippen LogP contribution in [0.5, 0.6) is 0 Å². The first-order valence-corrected chi connectivity index (χ1v) is 24.3. The predicted molar refractivity (Wildman–Crippen MR) is 295 cm³/mol. The number of benzene rings is 10. The summed E-state index contributed by atoms with van der Waals surface area (Å²) in [4.78, 5) is 15.8. The second kappa shape index (κ2) is 17.4. The van der Waals surface area contributed by atoms with Gasteiger partial charge in [0.2, 0.25) is 0 Å². The third-order valence-corrected chi connectivity index (χ3v) is 14.1. The van der Waals surface area contributed by atoms with Crippen LogP contribution in [0.1, 0.15) is 16.7 Å². The minimum atomic E-state index is 0.492. The molecule has 13 aromatic rings. The lowest BCUT2D eigenvalue weighted by atomic mass is 9.91. The van der Waals surface area contributed by atoms with Gasteiger partial charge in [0.15, 0.2) is 17.5 Å². The first kappa shape index (κ1) is 42.4.